The zero-order valence-corrected chi connectivity index (χ0v) is 12.2. The fourth-order valence-corrected chi connectivity index (χ4v) is 3.93. The lowest BCUT2D eigenvalue weighted by atomic mass is 9.68. The summed E-state index contributed by atoms with van der Waals surface area (Å²) in [5.41, 5.74) is 6.79. The third kappa shape index (κ3) is 2.11. The first-order chi connectivity index (χ1) is 8.66. The van der Waals surface area contributed by atoms with Gasteiger partial charge in [-0.25, -0.2) is 0 Å². The van der Waals surface area contributed by atoms with E-state index in [2.05, 4.69) is 21.2 Å². The van der Waals surface area contributed by atoms with Crippen LogP contribution >= 0.6 is 27.3 Å². The Labute approximate surface area is 118 Å². The first-order valence-corrected chi connectivity index (χ1v) is 7.76. The molecule has 0 spiro atoms. The van der Waals surface area contributed by atoms with Crippen molar-refractivity contribution in [3.05, 3.63) is 20.8 Å². The zero-order chi connectivity index (χ0) is 12.7. The monoisotopic (exact) mass is 330 g/mol. The minimum absolute atomic E-state index is 0.0290. The molecule has 4 nitrogen and oxygen atoms in total. The van der Waals surface area contributed by atoms with Gasteiger partial charge in [0.15, 0.2) is 0 Å². The number of fused-ring (bicyclic) bond motifs is 1. The normalized spacial score (nSPS) is 34.6. The number of ether oxygens (including phenoxy) is 1. The highest BCUT2D eigenvalue weighted by molar-refractivity contribution is 9.11. The second kappa shape index (κ2) is 4.92. The van der Waals surface area contributed by atoms with Crippen LogP contribution in [0.1, 0.15) is 23.2 Å². The van der Waals surface area contributed by atoms with E-state index in [9.17, 15) is 4.79 Å². The topological polar surface area (TPSA) is 64.3 Å². The van der Waals surface area contributed by atoms with Gasteiger partial charge in [0.1, 0.15) is 0 Å². The van der Waals surface area contributed by atoms with Gasteiger partial charge in [0, 0.05) is 23.9 Å². The van der Waals surface area contributed by atoms with E-state index in [0.717, 1.165) is 23.2 Å². The van der Waals surface area contributed by atoms with Crippen LogP contribution in [-0.4, -0.2) is 30.7 Å². The largest absolute Gasteiger partial charge is 0.376 e. The van der Waals surface area contributed by atoms with Gasteiger partial charge in [-0.1, -0.05) is 0 Å². The average Bonchev–Trinajstić information content (AvgIpc) is 2.82. The van der Waals surface area contributed by atoms with E-state index in [4.69, 9.17) is 10.5 Å². The zero-order valence-electron chi connectivity index (χ0n) is 9.77. The standard InChI is InChI=1S/C12H15BrN2O2S/c13-8-4-6(5-18-8)12(16)15-10-9(14)7-2-1-3-17-11(7)10/h4-5,7,9-11H,1-3,14H2,(H,15,16). The molecule has 4 atom stereocenters. The Kier molecular flexibility index (Phi) is 3.44. The van der Waals surface area contributed by atoms with Gasteiger partial charge in [-0.2, -0.15) is 0 Å². The van der Waals surface area contributed by atoms with Crippen LogP contribution < -0.4 is 11.1 Å². The van der Waals surface area contributed by atoms with E-state index < -0.39 is 0 Å². The van der Waals surface area contributed by atoms with Crippen molar-refractivity contribution < 1.29 is 9.53 Å². The summed E-state index contributed by atoms with van der Waals surface area (Å²) in [7, 11) is 0. The molecule has 4 unspecified atom stereocenters. The van der Waals surface area contributed by atoms with Crippen molar-refractivity contribution in [1.29, 1.82) is 0 Å². The van der Waals surface area contributed by atoms with Crippen molar-refractivity contribution in [2.24, 2.45) is 11.7 Å². The van der Waals surface area contributed by atoms with Crippen LogP contribution in [0.3, 0.4) is 0 Å². The van der Waals surface area contributed by atoms with Gasteiger partial charge in [0.2, 0.25) is 0 Å². The predicted octanol–water partition coefficient (Wildman–Crippen LogP) is 1.75. The number of nitrogens with one attached hydrogen (secondary N) is 1. The Morgan fingerprint density at radius 3 is 3.17 bits per heavy atom. The van der Waals surface area contributed by atoms with Crippen LogP contribution in [0.4, 0.5) is 0 Å². The maximum Gasteiger partial charge on any atom is 0.252 e. The molecule has 0 bridgehead atoms. The lowest BCUT2D eigenvalue weighted by Crippen LogP contribution is -2.72. The van der Waals surface area contributed by atoms with E-state index in [1.54, 1.807) is 0 Å². The van der Waals surface area contributed by atoms with E-state index in [0.29, 0.717) is 11.5 Å². The molecule has 2 fully saturated rings. The number of hydrogen-bond donors (Lipinski definition) is 2. The van der Waals surface area contributed by atoms with E-state index in [-0.39, 0.29) is 24.1 Å². The number of amides is 1. The Hall–Kier alpha value is -0.430. The predicted molar refractivity (Wildman–Crippen MR) is 73.7 cm³/mol. The molecule has 18 heavy (non-hydrogen) atoms. The molecule has 1 saturated carbocycles. The van der Waals surface area contributed by atoms with Crippen molar-refractivity contribution in [2.75, 3.05) is 6.61 Å². The van der Waals surface area contributed by atoms with Gasteiger partial charge in [-0.3, -0.25) is 4.79 Å². The highest BCUT2D eigenvalue weighted by Gasteiger charge is 2.51. The summed E-state index contributed by atoms with van der Waals surface area (Å²) in [5, 5.41) is 4.83. The molecule has 1 aliphatic carbocycles. The molecule has 2 heterocycles. The van der Waals surface area contributed by atoms with Gasteiger partial charge < -0.3 is 15.8 Å². The Morgan fingerprint density at radius 1 is 1.61 bits per heavy atom. The van der Waals surface area contributed by atoms with E-state index in [1.165, 1.54) is 11.3 Å². The lowest BCUT2D eigenvalue weighted by Gasteiger charge is -2.52. The third-order valence-corrected chi connectivity index (χ3v) is 5.31. The molecular weight excluding hydrogens is 316 g/mol. The summed E-state index contributed by atoms with van der Waals surface area (Å²) in [4.78, 5) is 12.0. The van der Waals surface area contributed by atoms with Crippen LogP contribution in [0.15, 0.2) is 15.2 Å². The minimum Gasteiger partial charge on any atom is -0.376 e. The number of halogens is 1. The summed E-state index contributed by atoms with van der Waals surface area (Å²) in [6.07, 6.45) is 2.30. The van der Waals surface area contributed by atoms with Gasteiger partial charge in [0.05, 0.1) is 21.5 Å². The minimum atomic E-state index is -0.0648. The molecule has 98 valence electrons. The molecule has 6 heteroatoms. The van der Waals surface area contributed by atoms with Crippen LogP contribution in [0.25, 0.3) is 0 Å². The highest BCUT2D eigenvalue weighted by atomic mass is 79.9. The number of nitrogens with two attached hydrogens (primary N) is 1. The second-order valence-electron chi connectivity index (χ2n) is 4.86. The van der Waals surface area contributed by atoms with Gasteiger partial charge in [0.25, 0.3) is 5.91 Å². The van der Waals surface area contributed by atoms with Crippen molar-refractivity contribution in [3.8, 4) is 0 Å². The maximum absolute atomic E-state index is 12.0. The molecule has 1 aromatic heterocycles. The first-order valence-electron chi connectivity index (χ1n) is 6.09. The fraction of sp³-hybridized carbons (Fsp3) is 0.583. The molecule has 3 N–H and O–H groups in total. The summed E-state index contributed by atoms with van der Waals surface area (Å²) in [5.74, 6) is 0.350. The summed E-state index contributed by atoms with van der Waals surface area (Å²) >= 11 is 4.86. The summed E-state index contributed by atoms with van der Waals surface area (Å²) < 4.78 is 6.66. The van der Waals surface area contributed by atoms with Crippen molar-refractivity contribution in [1.82, 2.24) is 5.32 Å². The quantitative estimate of drug-likeness (QED) is 0.868. The molecule has 2 aliphatic rings. The number of thiophene rings is 1. The van der Waals surface area contributed by atoms with Crippen LogP contribution in [0, 0.1) is 5.92 Å². The highest BCUT2D eigenvalue weighted by Crippen LogP contribution is 2.37. The van der Waals surface area contributed by atoms with Crippen molar-refractivity contribution in [3.63, 3.8) is 0 Å². The molecule has 3 rings (SSSR count). The second-order valence-corrected chi connectivity index (χ2v) is 7.15. The smallest absolute Gasteiger partial charge is 0.252 e. The molecule has 1 saturated heterocycles. The third-order valence-electron chi connectivity index (χ3n) is 3.80. The van der Waals surface area contributed by atoms with E-state index >= 15 is 0 Å². The Bertz CT molecular complexity index is 465. The van der Waals surface area contributed by atoms with Gasteiger partial charge in [-0.15, -0.1) is 11.3 Å². The molecule has 1 aliphatic heterocycles. The number of rotatable bonds is 2. The number of hydrogen-bond acceptors (Lipinski definition) is 4. The SMILES string of the molecule is NC1C2CCCOC2C1NC(=O)c1csc(Br)c1. The maximum atomic E-state index is 12.0. The van der Waals surface area contributed by atoms with Crippen LogP contribution in [-0.2, 0) is 4.74 Å². The van der Waals surface area contributed by atoms with E-state index in [1.807, 2.05) is 11.4 Å². The molecule has 1 aromatic rings. The van der Waals surface area contributed by atoms with Crippen molar-refractivity contribution in [2.45, 2.75) is 31.0 Å². The van der Waals surface area contributed by atoms with Crippen LogP contribution in [0.5, 0.6) is 0 Å². The average molecular weight is 331 g/mol. The summed E-state index contributed by atoms with van der Waals surface area (Å²) in [6, 6.07) is 1.81. The van der Waals surface area contributed by atoms with Gasteiger partial charge >= 0.3 is 0 Å². The van der Waals surface area contributed by atoms with Gasteiger partial charge in [-0.05, 0) is 34.8 Å². The number of carbonyl (C=O) groups excluding carboxylic acids is 1. The van der Waals surface area contributed by atoms with Crippen molar-refractivity contribution >= 4 is 33.2 Å². The fourth-order valence-electron chi connectivity index (χ4n) is 2.79. The molecule has 1 amide bonds. The molecule has 0 aromatic carbocycles. The molecule has 0 radical (unpaired) electrons. The summed E-state index contributed by atoms with van der Waals surface area (Å²) in [6.45, 7) is 0.782. The van der Waals surface area contributed by atoms with Crippen LogP contribution in [0.2, 0.25) is 0 Å². The number of carbonyl (C=O) groups is 1. The lowest BCUT2D eigenvalue weighted by molar-refractivity contribution is -0.117. The Balaban J connectivity index is 1.64. The Morgan fingerprint density at radius 2 is 2.44 bits per heavy atom. The molecular formula is C12H15BrN2O2S. The first kappa shape index (κ1) is 12.6.